The Bertz CT molecular complexity index is 682. The molecule has 0 saturated carbocycles. The maximum atomic E-state index is 14.5. The molecule has 0 N–H and O–H groups in total. The zero-order chi connectivity index (χ0) is 15.5. The third kappa shape index (κ3) is 4.95. The summed E-state index contributed by atoms with van der Waals surface area (Å²) >= 11 is 5.93. The molecular weight excluding hydrogens is 315 g/mol. The maximum Gasteiger partial charge on any atom is 0.264 e. The first-order valence-electron chi connectivity index (χ1n) is 6.46. The van der Waals surface area contributed by atoms with Crippen LogP contribution in [0.5, 0.6) is 0 Å². The van der Waals surface area contributed by atoms with E-state index in [4.69, 9.17) is 11.6 Å². The van der Waals surface area contributed by atoms with E-state index in [0.717, 1.165) is 17.4 Å². The first kappa shape index (κ1) is 16.2. The lowest BCUT2D eigenvalue weighted by Crippen LogP contribution is -2.24. The molecule has 1 aromatic carbocycles. The fourth-order valence-corrected chi connectivity index (χ4v) is 2.66. The molecule has 0 aliphatic heterocycles. The summed E-state index contributed by atoms with van der Waals surface area (Å²) in [6, 6.07) is 7.33. The second-order valence-electron chi connectivity index (χ2n) is 5.02. The summed E-state index contributed by atoms with van der Waals surface area (Å²) < 4.78 is 40.8. The number of hydrogen-bond acceptors (Lipinski definition) is 3. The molecule has 2 rings (SSSR count). The Morgan fingerprint density at radius 2 is 2.19 bits per heavy atom. The molecule has 0 bridgehead atoms. The molecule has 6 heteroatoms. The minimum atomic E-state index is -3.53. The van der Waals surface area contributed by atoms with Crippen molar-refractivity contribution in [1.29, 1.82) is 0 Å². The number of alkyl halides is 1. The second kappa shape index (κ2) is 6.30. The van der Waals surface area contributed by atoms with Crippen molar-refractivity contribution < 1.29 is 17.0 Å². The Balaban J connectivity index is 2.00. The molecule has 1 unspecified atom stereocenters. The largest absolute Gasteiger partial charge is 0.270 e. The van der Waals surface area contributed by atoms with E-state index in [1.54, 1.807) is 18.2 Å². The molecule has 0 spiro atoms. The van der Waals surface area contributed by atoms with Gasteiger partial charge in [-0.15, -0.1) is 0 Å². The van der Waals surface area contributed by atoms with Crippen LogP contribution in [0.3, 0.4) is 0 Å². The van der Waals surface area contributed by atoms with E-state index in [9.17, 15) is 12.8 Å². The summed E-state index contributed by atoms with van der Waals surface area (Å²) in [5.74, 6) is 0. The van der Waals surface area contributed by atoms with Gasteiger partial charge in [-0.05, 0) is 29.3 Å². The zero-order valence-electron chi connectivity index (χ0n) is 11.6. The van der Waals surface area contributed by atoms with Crippen molar-refractivity contribution in [3.8, 4) is 0 Å². The van der Waals surface area contributed by atoms with Crippen LogP contribution in [0.4, 0.5) is 4.39 Å². The minimum Gasteiger partial charge on any atom is -0.270 e. The Morgan fingerprint density at radius 1 is 1.43 bits per heavy atom. The summed E-state index contributed by atoms with van der Waals surface area (Å²) in [5, 5.41) is 0.625. The summed E-state index contributed by atoms with van der Waals surface area (Å²) in [7, 11) is -3.53. The standard InChI is InChI=1S/C15H16ClFO3S/c1-21(18,19)20-10-9-15(17)7-5-12(6-8-15)13-3-2-4-14(16)11-13/h2-7,11H,8-10H2,1H3. The van der Waals surface area contributed by atoms with Crippen LogP contribution in [0.2, 0.25) is 5.02 Å². The second-order valence-corrected chi connectivity index (χ2v) is 7.10. The van der Waals surface area contributed by atoms with Crippen LogP contribution in [0.25, 0.3) is 5.57 Å². The van der Waals surface area contributed by atoms with Gasteiger partial charge in [0.1, 0.15) is 5.67 Å². The number of hydrogen-bond donors (Lipinski definition) is 0. The molecular formula is C15H16ClFO3S. The quantitative estimate of drug-likeness (QED) is 0.772. The molecule has 0 saturated heterocycles. The molecule has 114 valence electrons. The molecule has 0 fully saturated rings. The molecule has 1 aliphatic rings. The van der Waals surface area contributed by atoms with Crippen LogP contribution in [0.15, 0.2) is 42.5 Å². The SMILES string of the molecule is CS(=O)(=O)OCCC1(F)C=CC(c2cccc(Cl)c2)=CC1. The van der Waals surface area contributed by atoms with Crippen LogP contribution in [0.1, 0.15) is 18.4 Å². The van der Waals surface area contributed by atoms with Crippen LogP contribution in [-0.4, -0.2) is 26.9 Å². The average molecular weight is 331 g/mol. The molecule has 21 heavy (non-hydrogen) atoms. The van der Waals surface area contributed by atoms with Gasteiger partial charge in [-0.1, -0.05) is 35.9 Å². The van der Waals surface area contributed by atoms with Gasteiger partial charge in [0.25, 0.3) is 10.1 Å². The van der Waals surface area contributed by atoms with Gasteiger partial charge in [-0.3, -0.25) is 4.18 Å². The van der Waals surface area contributed by atoms with Crippen molar-refractivity contribution in [3.63, 3.8) is 0 Å². The molecule has 0 radical (unpaired) electrons. The lowest BCUT2D eigenvalue weighted by molar-refractivity contribution is 0.175. The first-order chi connectivity index (χ1) is 9.77. The van der Waals surface area contributed by atoms with E-state index in [1.165, 1.54) is 6.08 Å². The minimum absolute atomic E-state index is 0.00407. The van der Waals surface area contributed by atoms with Gasteiger partial charge < -0.3 is 0 Å². The van der Waals surface area contributed by atoms with Gasteiger partial charge in [0.2, 0.25) is 0 Å². The molecule has 1 aromatic rings. The van der Waals surface area contributed by atoms with Gasteiger partial charge in [0.05, 0.1) is 12.9 Å². The third-order valence-electron chi connectivity index (χ3n) is 3.20. The fraction of sp³-hybridized carbons (Fsp3) is 0.333. The normalized spacial score (nSPS) is 22.1. The van der Waals surface area contributed by atoms with Crippen LogP contribution >= 0.6 is 11.6 Å². The summed E-state index contributed by atoms with van der Waals surface area (Å²) in [5.41, 5.74) is 0.246. The predicted octanol–water partition coefficient (Wildman–Crippen LogP) is 3.76. The highest BCUT2D eigenvalue weighted by Crippen LogP contribution is 2.32. The Labute approximate surface area is 129 Å². The highest BCUT2D eigenvalue weighted by atomic mass is 35.5. The maximum absolute atomic E-state index is 14.5. The van der Waals surface area contributed by atoms with E-state index in [0.29, 0.717) is 5.02 Å². The molecule has 0 aromatic heterocycles. The van der Waals surface area contributed by atoms with Gasteiger partial charge in [0, 0.05) is 17.9 Å². The van der Waals surface area contributed by atoms with E-state index in [1.807, 2.05) is 18.2 Å². The molecule has 1 atom stereocenters. The van der Waals surface area contributed by atoms with Crippen molar-refractivity contribution in [1.82, 2.24) is 0 Å². The Hall–Kier alpha value is -1.17. The Kier molecular flexibility index (Phi) is 4.86. The third-order valence-corrected chi connectivity index (χ3v) is 4.03. The summed E-state index contributed by atoms with van der Waals surface area (Å²) in [6.07, 6.45) is 6.05. The first-order valence-corrected chi connectivity index (χ1v) is 8.66. The highest BCUT2D eigenvalue weighted by Gasteiger charge is 2.28. The van der Waals surface area contributed by atoms with Crippen molar-refractivity contribution in [2.75, 3.05) is 12.9 Å². The highest BCUT2D eigenvalue weighted by molar-refractivity contribution is 7.85. The van der Waals surface area contributed by atoms with E-state index < -0.39 is 15.8 Å². The van der Waals surface area contributed by atoms with Gasteiger partial charge in [-0.25, -0.2) is 4.39 Å². The molecule has 1 aliphatic carbocycles. The van der Waals surface area contributed by atoms with Crippen LogP contribution in [0, 0.1) is 0 Å². The van der Waals surface area contributed by atoms with E-state index in [2.05, 4.69) is 4.18 Å². The lowest BCUT2D eigenvalue weighted by atomic mass is 9.89. The number of benzene rings is 1. The smallest absolute Gasteiger partial charge is 0.264 e. The number of allylic oxidation sites excluding steroid dienone is 4. The lowest BCUT2D eigenvalue weighted by Gasteiger charge is -2.23. The van der Waals surface area contributed by atoms with E-state index >= 15 is 0 Å². The summed E-state index contributed by atoms with van der Waals surface area (Å²) in [6.45, 7) is -0.167. The van der Waals surface area contributed by atoms with Gasteiger partial charge >= 0.3 is 0 Å². The fourth-order valence-electron chi connectivity index (χ4n) is 2.09. The van der Waals surface area contributed by atoms with Crippen LogP contribution in [-0.2, 0) is 14.3 Å². The number of halogens is 2. The van der Waals surface area contributed by atoms with Gasteiger partial charge in [-0.2, -0.15) is 8.42 Å². The monoisotopic (exact) mass is 330 g/mol. The predicted molar refractivity (Wildman–Crippen MR) is 82.4 cm³/mol. The Morgan fingerprint density at radius 3 is 2.76 bits per heavy atom. The van der Waals surface area contributed by atoms with Crippen LogP contribution < -0.4 is 0 Å². The zero-order valence-corrected chi connectivity index (χ0v) is 13.1. The van der Waals surface area contributed by atoms with Crippen molar-refractivity contribution in [3.05, 3.63) is 53.1 Å². The molecule has 3 nitrogen and oxygen atoms in total. The summed E-state index contributed by atoms with van der Waals surface area (Å²) in [4.78, 5) is 0. The number of rotatable bonds is 5. The van der Waals surface area contributed by atoms with Crippen molar-refractivity contribution in [2.24, 2.45) is 0 Å². The average Bonchev–Trinajstić information content (AvgIpc) is 2.38. The van der Waals surface area contributed by atoms with Crippen molar-refractivity contribution in [2.45, 2.75) is 18.5 Å². The topological polar surface area (TPSA) is 43.4 Å². The molecule has 0 heterocycles. The molecule has 0 amide bonds. The van der Waals surface area contributed by atoms with E-state index in [-0.39, 0.29) is 19.4 Å². The van der Waals surface area contributed by atoms with Gasteiger partial charge in [0.15, 0.2) is 0 Å². The van der Waals surface area contributed by atoms with Crippen molar-refractivity contribution >= 4 is 27.3 Å².